The fraction of sp³-hybridized carbons (Fsp3) is 0.462. The van der Waals surface area contributed by atoms with Crippen LogP contribution in [0.1, 0.15) is 24.3 Å². The second-order valence-corrected chi connectivity index (χ2v) is 4.66. The number of rotatable bonds is 2. The van der Waals surface area contributed by atoms with Crippen LogP contribution in [0.3, 0.4) is 0 Å². The SMILES string of the molecule is COc1ccc([C@H]2C[C@H]3C[C@@H]2NC3=O)cc1. The van der Waals surface area contributed by atoms with E-state index in [2.05, 4.69) is 17.4 Å². The monoisotopic (exact) mass is 217 g/mol. The molecule has 84 valence electrons. The highest BCUT2D eigenvalue weighted by atomic mass is 16.5. The first-order valence-corrected chi connectivity index (χ1v) is 5.72. The van der Waals surface area contributed by atoms with Crippen molar-refractivity contribution < 1.29 is 9.53 Å². The van der Waals surface area contributed by atoms with Crippen molar-refractivity contribution in [3.63, 3.8) is 0 Å². The third-order valence-corrected chi connectivity index (χ3v) is 3.81. The average Bonchev–Trinajstić information content (AvgIpc) is 2.88. The molecule has 1 N–H and O–H groups in total. The highest BCUT2D eigenvalue weighted by Crippen LogP contribution is 2.43. The Labute approximate surface area is 94.8 Å². The molecule has 0 unspecified atom stereocenters. The molecule has 0 spiro atoms. The predicted molar refractivity (Wildman–Crippen MR) is 60.4 cm³/mol. The molecule has 2 bridgehead atoms. The second-order valence-electron chi connectivity index (χ2n) is 4.66. The minimum absolute atomic E-state index is 0.245. The first-order chi connectivity index (χ1) is 7.78. The number of nitrogens with one attached hydrogen (secondary N) is 1. The fourth-order valence-corrected chi connectivity index (χ4v) is 2.93. The van der Waals surface area contributed by atoms with Crippen LogP contribution in [0.5, 0.6) is 5.75 Å². The van der Waals surface area contributed by atoms with Gasteiger partial charge in [-0.15, -0.1) is 0 Å². The first-order valence-electron chi connectivity index (χ1n) is 5.72. The maximum absolute atomic E-state index is 11.4. The molecule has 3 atom stereocenters. The Kier molecular flexibility index (Phi) is 2.13. The van der Waals surface area contributed by atoms with E-state index in [9.17, 15) is 4.79 Å². The summed E-state index contributed by atoms with van der Waals surface area (Å²) in [4.78, 5) is 11.4. The standard InChI is InChI=1S/C13H15NO2/c1-16-10-4-2-8(3-5-10)11-6-9-7-12(11)14-13(9)15/h2-5,9,11-12H,6-7H2,1H3,(H,14,15)/t9-,11+,12-/m0/s1. The maximum atomic E-state index is 11.4. The van der Waals surface area contributed by atoms with Crippen molar-refractivity contribution in [2.45, 2.75) is 24.8 Å². The topological polar surface area (TPSA) is 38.3 Å². The molecule has 3 nitrogen and oxygen atoms in total. The number of hydrogen-bond acceptors (Lipinski definition) is 2. The summed E-state index contributed by atoms with van der Waals surface area (Å²) in [5.41, 5.74) is 1.31. The molecule has 3 heteroatoms. The van der Waals surface area contributed by atoms with E-state index >= 15 is 0 Å². The van der Waals surface area contributed by atoms with Crippen molar-refractivity contribution >= 4 is 5.91 Å². The summed E-state index contributed by atoms with van der Waals surface area (Å²) in [6, 6.07) is 8.55. The number of carbonyl (C=O) groups is 1. The zero-order valence-corrected chi connectivity index (χ0v) is 9.27. The molecule has 1 aromatic carbocycles. The summed E-state index contributed by atoms with van der Waals surface area (Å²) in [6.45, 7) is 0. The highest BCUT2D eigenvalue weighted by molar-refractivity contribution is 5.83. The van der Waals surface area contributed by atoms with Crippen LogP contribution in [0.25, 0.3) is 0 Å². The lowest BCUT2D eigenvalue weighted by Crippen LogP contribution is -2.35. The number of amides is 1. The zero-order valence-electron chi connectivity index (χ0n) is 9.27. The van der Waals surface area contributed by atoms with Crippen LogP contribution in [0.15, 0.2) is 24.3 Å². The van der Waals surface area contributed by atoms with Gasteiger partial charge in [-0.3, -0.25) is 4.79 Å². The van der Waals surface area contributed by atoms with E-state index in [0.29, 0.717) is 12.0 Å². The van der Waals surface area contributed by atoms with E-state index in [1.54, 1.807) is 7.11 Å². The lowest BCUT2D eigenvalue weighted by atomic mass is 9.91. The van der Waals surface area contributed by atoms with Crippen molar-refractivity contribution in [3.8, 4) is 5.75 Å². The Morgan fingerprint density at radius 3 is 2.50 bits per heavy atom. The maximum Gasteiger partial charge on any atom is 0.223 e. The molecule has 1 aliphatic heterocycles. The van der Waals surface area contributed by atoms with E-state index in [1.807, 2.05) is 12.1 Å². The van der Waals surface area contributed by atoms with Gasteiger partial charge in [0.2, 0.25) is 5.91 Å². The summed E-state index contributed by atoms with van der Waals surface area (Å²) in [7, 11) is 1.67. The summed E-state index contributed by atoms with van der Waals surface area (Å²) in [5, 5.41) is 3.06. The zero-order chi connectivity index (χ0) is 11.1. The van der Waals surface area contributed by atoms with E-state index in [0.717, 1.165) is 18.6 Å². The van der Waals surface area contributed by atoms with Gasteiger partial charge in [0.15, 0.2) is 0 Å². The lowest BCUT2D eigenvalue weighted by molar-refractivity contribution is -0.123. The Morgan fingerprint density at radius 2 is 2.00 bits per heavy atom. The average molecular weight is 217 g/mol. The van der Waals surface area contributed by atoms with Crippen LogP contribution in [0.2, 0.25) is 0 Å². The molecule has 1 aliphatic carbocycles. The number of piperidine rings is 1. The molecule has 1 aromatic rings. The minimum Gasteiger partial charge on any atom is -0.497 e. The van der Waals surface area contributed by atoms with Gasteiger partial charge in [0.05, 0.1) is 7.11 Å². The van der Waals surface area contributed by atoms with E-state index < -0.39 is 0 Å². The van der Waals surface area contributed by atoms with E-state index in [4.69, 9.17) is 4.74 Å². The van der Waals surface area contributed by atoms with E-state index in [-0.39, 0.29) is 11.8 Å². The molecule has 2 fully saturated rings. The Morgan fingerprint density at radius 1 is 1.25 bits per heavy atom. The van der Waals surface area contributed by atoms with Crippen molar-refractivity contribution in [2.75, 3.05) is 7.11 Å². The number of hydrogen-bond donors (Lipinski definition) is 1. The molecule has 2 aliphatic rings. The summed E-state index contributed by atoms with van der Waals surface area (Å²) in [5.74, 6) is 1.87. The van der Waals surface area contributed by atoms with Crippen molar-refractivity contribution in [1.82, 2.24) is 5.32 Å². The Balaban J connectivity index is 1.81. The molecule has 16 heavy (non-hydrogen) atoms. The van der Waals surface area contributed by atoms with Crippen LogP contribution in [-0.4, -0.2) is 19.1 Å². The van der Waals surface area contributed by atoms with Gasteiger partial charge in [-0.1, -0.05) is 12.1 Å². The quantitative estimate of drug-likeness (QED) is 0.818. The van der Waals surface area contributed by atoms with Gasteiger partial charge in [0.1, 0.15) is 5.75 Å². The van der Waals surface area contributed by atoms with Crippen molar-refractivity contribution in [1.29, 1.82) is 0 Å². The van der Waals surface area contributed by atoms with Crippen LogP contribution in [0.4, 0.5) is 0 Å². The number of benzene rings is 1. The molecule has 0 radical (unpaired) electrons. The Bertz CT molecular complexity index is 412. The molecule has 1 saturated carbocycles. The molecule has 3 rings (SSSR count). The van der Waals surface area contributed by atoms with Crippen LogP contribution in [-0.2, 0) is 4.79 Å². The molecule has 1 saturated heterocycles. The third-order valence-electron chi connectivity index (χ3n) is 3.81. The van der Waals surface area contributed by atoms with Gasteiger partial charge in [-0.05, 0) is 30.5 Å². The summed E-state index contributed by atoms with van der Waals surface area (Å²) >= 11 is 0. The lowest BCUT2D eigenvalue weighted by Gasteiger charge is -2.23. The van der Waals surface area contributed by atoms with Gasteiger partial charge in [0, 0.05) is 17.9 Å². The van der Waals surface area contributed by atoms with Gasteiger partial charge in [-0.2, -0.15) is 0 Å². The van der Waals surface area contributed by atoms with Gasteiger partial charge in [0.25, 0.3) is 0 Å². The number of carbonyl (C=O) groups excluding carboxylic acids is 1. The van der Waals surface area contributed by atoms with Crippen LogP contribution >= 0.6 is 0 Å². The third kappa shape index (κ3) is 1.39. The number of methoxy groups -OCH3 is 1. The first kappa shape index (κ1) is 9.70. The van der Waals surface area contributed by atoms with Gasteiger partial charge < -0.3 is 10.1 Å². The van der Waals surface area contributed by atoms with Crippen molar-refractivity contribution in [2.24, 2.45) is 5.92 Å². The summed E-state index contributed by atoms with van der Waals surface area (Å²) < 4.78 is 5.14. The molecular weight excluding hydrogens is 202 g/mol. The molecule has 1 amide bonds. The molecule has 0 aromatic heterocycles. The summed E-state index contributed by atoms with van der Waals surface area (Å²) in [6.07, 6.45) is 2.01. The van der Waals surface area contributed by atoms with Crippen LogP contribution in [0, 0.1) is 5.92 Å². The van der Waals surface area contributed by atoms with Gasteiger partial charge in [-0.25, -0.2) is 0 Å². The largest absolute Gasteiger partial charge is 0.497 e. The molecule has 1 heterocycles. The second kappa shape index (κ2) is 3.51. The Hall–Kier alpha value is -1.51. The van der Waals surface area contributed by atoms with Crippen LogP contribution < -0.4 is 10.1 Å². The smallest absolute Gasteiger partial charge is 0.223 e. The number of fused-ring (bicyclic) bond motifs is 2. The van der Waals surface area contributed by atoms with Crippen molar-refractivity contribution in [3.05, 3.63) is 29.8 Å². The molecular formula is C13H15NO2. The van der Waals surface area contributed by atoms with Gasteiger partial charge >= 0.3 is 0 Å². The number of ether oxygens (including phenoxy) is 1. The highest BCUT2D eigenvalue weighted by Gasteiger charge is 2.45. The fourth-order valence-electron chi connectivity index (χ4n) is 2.93. The minimum atomic E-state index is 0.245. The van der Waals surface area contributed by atoms with E-state index in [1.165, 1.54) is 5.56 Å². The predicted octanol–water partition coefficient (Wildman–Crippen LogP) is 1.69. The normalized spacial score (nSPS) is 31.6.